The van der Waals surface area contributed by atoms with Crippen molar-refractivity contribution < 1.29 is 0 Å². The van der Waals surface area contributed by atoms with Crippen LogP contribution in [0, 0.1) is 0 Å². The summed E-state index contributed by atoms with van der Waals surface area (Å²) in [7, 11) is 0. The van der Waals surface area contributed by atoms with Crippen molar-refractivity contribution in [1.29, 1.82) is 0 Å². The van der Waals surface area contributed by atoms with Gasteiger partial charge < -0.3 is 18.9 Å². The molecule has 0 fully saturated rings. The van der Waals surface area contributed by atoms with Crippen LogP contribution < -0.4 is 9.80 Å². The average Bonchev–Trinajstić information content (AvgIpc) is 1.66. The van der Waals surface area contributed by atoms with Gasteiger partial charge in [-0.25, -0.2) is 0 Å². The summed E-state index contributed by atoms with van der Waals surface area (Å²) >= 11 is 0. The maximum Gasteiger partial charge on any atom is 0.0789 e. The maximum absolute atomic E-state index is 2.55. The molecular weight excluding hydrogens is 1040 g/mol. The minimum atomic E-state index is 1.06. The van der Waals surface area contributed by atoms with Gasteiger partial charge in [0.25, 0.3) is 0 Å². The first kappa shape index (κ1) is 51.4. The average molecular weight is 1100 g/mol. The molecule has 15 aromatic rings. The Kier molecular flexibility index (Phi) is 13.6. The molecule has 0 N–H and O–H groups in total. The smallest absolute Gasteiger partial charge is 0.0789 e. The van der Waals surface area contributed by atoms with Gasteiger partial charge in [0.15, 0.2) is 0 Å². The zero-order valence-electron chi connectivity index (χ0n) is 47.3. The molecule has 0 aliphatic rings. The molecule has 0 unspecified atom stereocenters. The van der Waals surface area contributed by atoms with Gasteiger partial charge >= 0.3 is 0 Å². The molecule has 15 rings (SSSR count). The van der Waals surface area contributed by atoms with Gasteiger partial charge in [0.05, 0.1) is 22.4 Å². The molecule has 13 aromatic carbocycles. The summed E-state index contributed by atoms with van der Waals surface area (Å²) in [5.74, 6) is 0. The zero-order valence-corrected chi connectivity index (χ0v) is 47.3. The lowest BCUT2D eigenvalue weighted by Crippen LogP contribution is -2.09. The summed E-state index contributed by atoms with van der Waals surface area (Å²) in [6.07, 6.45) is 0. The fraction of sp³-hybridized carbons (Fsp3) is 0. The molecule has 2 heterocycles. The van der Waals surface area contributed by atoms with Crippen molar-refractivity contribution in [2.45, 2.75) is 0 Å². The van der Waals surface area contributed by atoms with Gasteiger partial charge in [-0.1, -0.05) is 255 Å². The lowest BCUT2D eigenvalue weighted by molar-refractivity contribution is 1.11. The van der Waals surface area contributed by atoms with Gasteiger partial charge in [0.2, 0.25) is 0 Å². The number of nitrogens with zero attached hydrogens (tertiary/aromatic N) is 4. The number of para-hydroxylation sites is 4. The monoisotopic (exact) mass is 1100 g/mol. The Morgan fingerprint density at radius 1 is 0.186 bits per heavy atom. The van der Waals surface area contributed by atoms with E-state index in [4.69, 9.17) is 0 Å². The molecule has 0 radical (unpaired) electrons. The van der Waals surface area contributed by atoms with Crippen LogP contribution in [0.3, 0.4) is 0 Å². The Morgan fingerprint density at radius 2 is 0.442 bits per heavy atom. The Hall–Kier alpha value is -11.5. The van der Waals surface area contributed by atoms with Crippen LogP contribution in [0.4, 0.5) is 34.1 Å². The van der Waals surface area contributed by atoms with Crippen LogP contribution in [0.15, 0.2) is 352 Å². The van der Waals surface area contributed by atoms with E-state index >= 15 is 0 Å². The molecule has 0 saturated carbocycles. The number of benzene rings is 13. The maximum atomic E-state index is 2.55. The lowest BCUT2D eigenvalue weighted by Gasteiger charge is -2.26. The topological polar surface area (TPSA) is 16.3 Å². The summed E-state index contributed by atoms with van der Waals surface area (Å²) in [5, 5.41) is 2.32. The van der Waals surface area contributed by atoms with E-state index in [2.05, 4.69) is 371 Å². The Labute approximate surface area is 502 Å². The predicted octanol–water partition coefficient (Wildman–Crippen LogP) is 22.5. The van der Waals surface area contributed by atoms with Crippen LogP contribution in [-0.4, -0.2) is 9.13 Å². The normalized spacial score (nSPS) is 11.3. The van der Waals surface area contributed by atoms with E-state index in [0.29, 0.717) is 0 Å². The second-order valence-corrected chi connectivity index (χ2v) is 21.6. The summed E-state index contributed by atoms with van der Waals surface area (Å²) in [6.45, 7) is 0. The summed E-state index contributed by atoms with van der Waals surface area (Å²) < 4.78 is 5.10. The van der Waals surface area contributed by atoms with E-state index in [1.165, 1.54) is 11.1 Å². The zero-order chi connectivity index (χ0) is 57.2. The van der Waals surface area contributed by atoms with Gasteiger partial charge in [-0.05, 0) is 142 Å². The summed E-state index contributed by atoms with van der Waals surface area (Å²) in [5.41, 5.74) is 24.6. The highest BCUT2D eigenvalue weighted by Crippen LogP contribution is 2.51. The van der Waals surface area contributed by atoms with Crippen LogP contribution in [0.5, 0.6) is 0 Å². The van der Waals surface area contributed by atoms with Crippen molar-refractivity contribution in [3.8, 4) is 78.4 Å². The molecule has 406 valence electrons. The fourth-order valence-corrected chi connectivity index (χ4v) is 12.6. The first-order valence-corrected chi connectivity index (χ1v) is 29.4. The molecule has 86 heavy (non-hydrogen) atoms. The van der Waals surface area contributed by atoms with E-state index in [1.54, 1.807) is 0 Å². The van der Waals surface area contributed by atoms with Gasteiger partial charge in [0, 0.05) is 67.4 Å². The van der Waals surface area contributed by atoms with Crippen molar-refractivity contribution in [3.05, 3.63) is 352 Å². The molecule has 0 atom stereocenters. The third-order valence-corrected chi connectivity index (χ3v) is 16.5. The molecule has 0 bridgehead atoms. The van der Waals surface area contributed by atoms with Crippen LogP contribution in [0.2, 0.25) is 0 Å². The third-order valence-electron chi connectivity index (χ3n) is 16.5. The minimum Gasteiger partial charge on any atom is -0.310 e. The molecule has 4 heteroatoms. The first-order chi connectivity index (χ1) is 42.7. The van der Waals surface area contributed by atoms with E-state index in [0.717, 1.165) is 123 Å². The second kappa shape index (κ2) is 22.7. The molecule has 0 aliphatic carbocycles. The van der Waals surface area contributed by atoms with E-state index < -0.39 is 0 Å². The SMILES string of the molecule is c1ccc(-c2c(-c3ccccc3)n(-c3ccc(-c4cccc(N(c5ccccc5)c5ccccc5)c4)cc3)c3c2ccc2c(-c4ccccc4)c(-c4ccccc4)n(-c4ccc(-c5cccc(N(c6ccccc6)c6ccccc6)c5)cc4)c23)cc1. The van der Waals surface area contributed by atoms with Gasteiger partial charge in [0.1, 0.15) is 0 Å². The van der Waals surface area contributed by atoms with Crippen molar-refractivity contribution >= 4 is 55.9 Å². The Balaban J connectivity index is 0.967. The number of aromatic nitrogens is 2. The Morgan fingerprint density at radius 3 is 0.744 bits per heavy atom. The highest BCUT2D eigenvalue weighted by atomic mass is 15.1. The van der Waals surface area contributed by atoms with Gasteiger partial charge in [-0.2, -0.15) is 0 Å². The number of anilines is 6. The molecular formula is C82H58N4. The fourth-order valence-electron chi connectivity index (χ4n) is 12.6. The number of hydrogen-bond acceptors (Lipinski definition) is 2. The van der Waals surface area contributed by atoms with Gasteiger partial charge in [-0.3, -0.25) is 0 Å². The van der Waals surface area contributed by atoms with Crippen molar-refractivity contribution in [2.24, 2.45) is 0 Å². The van der Waals surface area contributed by atoms with Crippen LogP contribution in [-0.2, 0) is 0 Å². The van der Waals surface area contributed by atoms with Crippen LogP contribution in [0.1, 0.15) is 0 Å². The number of fused-ring (bicyclic) bond motifs is 3. The van der Waals surface area contributed by atoms with Crippen molar-refractivity contribution in [1.82, 2.24) is 9.13 Å². The van der Waals surface area contributed by atoms with E-state index in [1.807, 2.05) is 0 Å². The third kappa shape index (κ3) is 9.51. The molecule has 0 amide bonds. The summed E-state index contributed by atoms with van der Waals surface area (Å²) in [4.78, 5) is 4.65. The second-order valence-electron chi connectivity index (χ2n) is 21.6. The highest BCUT2D eigenvalue weighted by Gasteiger charge is 2.29. The highest BCUT2D eigenvalue weighted by molar-refractivity contribution is 6.20. The predicted molar refractivity (Wildman–Crippen MR) is 362 cm³/mol. The van der Waals surface area contributed by atoms with Crippen LogP contribution in [0.25, 0.3) is 100 Å². The standard InChI is InChI=1S/C82H58N4/c1-9-27-61(28-10-1)77-75-55-56-76-78(62-29-11-2-12-30-62)80(64-33-15-4-16-34-64)86(72-53-49-60(50-54-72)66-36-26-46-74(58-66)84(69-41-21-7-22-42-69)70-43-23-8-24-44-70)82(76)81(75)85(79(77)63-31-13-3-14-32-63)71-51-47-59(48-52-71)65-35-25-45-73(57-65)83(67-37-17-5-18-38-67)68-39-19-6-20-40-68/h1-58H. The molecule has 4 nitrogen and oxygen atoms in total. The van der Waals surface area contributed by atoms with E-state index in [9.17, 15) is 0 Å². The summed E-state index contributed by atoms with van der Waals surface area (Å²) in [6, 6.07) is 127. The quantitative estimate of drug-likeness (QED) is 0.108. The van der Waals surface area contributed by atoms with E-state index in [-0.39, 0.29) is 0 Å². The molecule has 0 aliphatic heterocycles. The van der Waals surface area contributed by atoms with Crippen molar-refractivity contribution in [3.63, 3.8) is 0 Å². The molecule has 0 saturated heterocycles. The largest absolute Gasteiger partial charge is 0.310 e. The lowest BCUT2D eigenvalue weighted by atomic mass is 9.96. The minimum absolute atomic E-state index is 1.06. The van der Waals surface area contributed by atoms with Crippen LogP contribution >= 0.6 is 0 Å². The van der Waals surface area contributed by atoms with Gasteiger partial charge in [-0.15, -0.1) is 0 Å². The number of hydrogen-bond donors (Lipinski definition) is 0. The molecule has 0 spiro atoms. The number of rotatable bonds is 14. The first-order valence-electron chi connectivity index (χ1n) is 29.4. The molecule has 2 aromatic heterocycles. The Bertz CT molecular complexity index is 4410. The van der Waals surface area contributed by atoms with Crippen molar-refractivity contribution in [2.75, 3.05) is 9.80 Å².